The van der Waals surface area contributed by atoms with Gasteiger partial charge in [0.15, 0.2) is 0 Å². The molecule has 6 heteroatoms. The molecule has 0 saturated carbocycles. The average molecular weight is 237 g/mol. The summed E-state index contributed by atoms with van der Waals surface area (Å²) in [6.07, 6.45) is 4.74. The molecule has 17 heavy (non-hydrogen) atoms. The van der Waals surface area contributed by atoms with Crippen molar-refractivity contribution in [3.05, 3.63) is 28.6 Å². The number of pyridine rings is 1. The topological polar surface area (TPSA) is 77.3 Å². The lowest BCUT2D eigenvalue weighted by Crippen LogP contribution is -2.32. The van der Waals surface area contributed by atoms with Crippen LogP contribution in [0.5, 0.6) is 0 Å². The molecule has 0 spiro atoms. The lowest BCUT2D eigenvalue weighted by molar-refractivity contribution is -0.384. The third-order valence-electron chi connectivity index (χ3n) is 2.84. The van der Waals surface area contributed by atoms with Crippen LogP contribution in [-0.2, 0) is 4.74 Å². The van der Waals surface area contributed by atoms with Crippen LogP contribution < -0.4 is 5.32 Å². The van der Waals surface area contributed by atoms with Crippen LogP contribution in [0.15, 0.2) is 18.5 Å². The Morgan fingerprint density at radius 3 is 3.18 bits per heavy atom. The van der Waals surface area contributed by atoms with Gasteiger partial charge in [-0.25, -0.2) is 0 Å². The van der Waals surface area contributed by atoms with Crippen molar-refractivity contribution in [1.82, 2.24) is 4.98 Å². The highest BCUT2D eigenvalue weighted by Crippen LogP contribution is 2.25. The van der Waals surface area contributed by atoms with Crippen molar-refractivity contribution < 1.29 is 9.66 Å². The second-order valence-corrected chi connectivity index (χ2v) is 4.20. The molecule has 0 aromatic carbocycles. The molecule has 1 fully saturated rings. The smallest absolute Gasteiger partial charge is 0.310 e. The van der Waals surface area contributed by atoms with Gasteiger partial charge in [0.25, 0.3) is 0 Å². The molecule has 1 aromatic rings. The number of nitro groups is 1. The maximum atomic E-state index is 10.8. The predicted molar refractivity (Wildman–Crippen MR) is 63.0 cm³/mol. The number of aromatic nitrogens is 1. The van der Waals surface area contributed by atoms with Crippen LogP contribution in [0.3, 0.4) is 0 Å². The van der Waals surface area contributed by atoms with E-state index in [1.807, 2.05) is 6.92 Å². The molecule has 6 nitrogen and oxygen atoms in total. The summed E-state index contributed by atoms with van der Waals surface area (Å²) in [7, 11) is 0. The SMILES string of the molecule is CC1CC(Nc2ccncc2[N+](=O)[O-])CCO1. The Morgan fingerprint density at radius 2 is 2.47 bits per heavy atom. The van der Waals surface area contributed by atoms with E-state index in [0.29, 0.717) is 12.3 Å². The van der Waals surface area contributed by atoms with E-state index in [1.165, 1.54) is 6.20 Å². The Bertz CT molecular complexity index is 411. The first kappa shape index (κ1) is 11.8. The third kappa shape index (κ3) is 2.91. The molecule has 92 valence electrons. The summed E-state index contributed by atoms with van der Waals surface area (Å²) in [5, 5.41) is 14.0. The van der Waals surface area contributed by atoms with Gasteiger partial charge < -0.3 is 10.1 Å². The van der Waals surface area contributed by atoms with E-state index >= 15 is 0 Å². The fraction of sp³-hybridized carbons (Fsp3) is 0.545. The van der Waals surface area contributed by atoms with Crippen molar-refractivity contribution in [1.29, 1.82) is 0 Å². The maximum Gasteiger partial charge on any atom is 0.310 e. The molecule has 2 atom stereocenters. The molecule has 1 aliphatic rings. The molecule has 1 aliphatic heterocycles. The van der Waals surface area contributed by atoms with Gasteiger partial charge in [-0.2, -0.15) is 0 Å². The fourth-order valence-electron chi connectivity index (χ4n) is 2.00. The molecule has 0 bridgehead atoms. The van der Waals surface area contributed by atoms with Crippen molar-refractivity contribution in [3.63, 3.8) is 0 Å². The molecule has 2 rings (SSSR count). The molecular formula is C11H15N3O3. The summed E-state index contributed by atoms with van der Waals surface area (Å²) >= 11 is 0. The van der Waals surface area contributed by atoms with Crippen LogP contribution in [0.2, 0.25) is 0 Å². The predicted octanol–water partition coefficient (Wildman–Crippen LogP) is 1.97. The first-order valence-corrected chi connectivity index (χ1v) is 5.63. The Kier molecular flexibility index (Phi) is 3.53. The van der Waals surface area contributed by atoms with E-state index in [4.69, 9.17) is 4.74 Å². The number of hydrogen-bond acceptors (Lipinski definition) is 5. The number of nitrogens with one attached hydrogen (secondary N) is 1. The van der Waals surface area contributed by atoms with Crippen LogP contribution in [0, 0.1) is 10.1 Å². The van der Waals surface area contributed by atoms with E-state index in [1.54, 1.807) is 12.3 Å². The summed E-state index contributed by atoms with van der Waals surface area (Å²) in [5.74, 6) is 0. The highest BCUT2D eigenvalue weighted by molar-refractivity contribution is 5.60. The summed E-state index contributed by atoms with van der Waals surface area (Å²) in [6, 6.07) is 1.86. The highest BCUT2D eigenvalue weighted by atomic mass is 16.6. The third-order valence-corrected chi connectivity index (χ3v) is 2.84. The molecule has 2 unspecified atom stereocenters. The number of ether oxygens (including phenoxy) is 1. The molecular weight excluding hydrogens is 222 g/mol. The zero-order chi connectivity index (χ0) is 12.3. The second kappa shape index (κ2) is 5.09. The quantitative estimate of drug-likeness (QED) is 0.642. The minimum atomic E-state index is -0.419. The van der Waals surface area contributed by atoms with Crippen molar-refractivity contribution in [2.24, 2.45) is 0 Å². The first-order valence-electron chi connectivity index (χ1n) is 5.63. The van der Waals surface area contributed by atoms with Crippen LogP contribution in [0.1, 0.15) is 19.8 Å². The summed E-state index contributed by atoms with van der Waals surface area (Å²) in [4.78, 5) is 14.2. The average Bonchev–Trinajstić information content (AvgIpc) is 2.29. The van der Waals surface area contributed by atoms with Gasteiger partial charge in [-0.15, -0.1) is 0 Å². The lowest BCUT2D eigenvalue weighted by atomic mass is 10.0. The Balaban J connectivity index is 2.10. The van der Waals surface area contributed by atoms with Gasteiger partial charge >= 0.3 is 5.69 Å². The second-order valence-electron chi connectivity index (χ2n) is 4.20. The minimum Gasteiger partial charge on any atom is -0.378 e. The van der Waals surface area contributed by atoms with Crippen molar-refractivity contribution in [3.8, 4) is 0 Å². The fourth-order valence-corrected chi connectivity index (χ4v) is 2.00. The Morgan fingerprint density at radius 1 is 1.65 bits per heavy atom. The normalized spacial score (nSPS) is 24.3. The zero-order valence-corrected chi connectivity index (χ0v) is 9.63. The van der Waals surface area contributed by atoms with E-state index in [-0.39, 0.29) is 17.8 Å². The highest BCUT2D eigenvalue weighted by Gasteiger charge is 2.22. The molecule has 0 amide bonds. The van der Waals surface area contributed by atoms with E-state index in [0.717, 1.165) is 12.8 Å². The molecule has 2 heterocycles. The standard InChI is InChI=1S/C11H15N3O3/c1-8-6-9(3-5-17-8)13-10-2-4-12-7-11(10)14(15)16/h2,4,7-9H,3,5-6H2,1H3,(H,12,13). The number of rotatable bonds is 3. The largest absolute Gasteiger partial charge is 0.378 e. The Labute approximate surface area is 99.2 Å². The van der Waals surface area contributed by atoms with Gasteiger partial charge in [-0.1, -0.05) is 0 Å². The zero-order valence-electron chi connectivity index (χ0n) is 9.63. The van der Waals surface area contributed by atoms with Gasteiger partial charge in [-0.05, 0) is 25.8 Å². The summed E-state index contributed by atoms with van der Waals surface area (Å²) in [5.41, 5.74) is 0.552. The van der Waals surface area contributed by atoms with Gasteiger partial charge in [0.05, 0.1) is 11.0 Å². The number of hydrogen-bond donors (Lipinski definition) is 1. The summed E-state index contributed by atoms with van der Waals surface area (Å²) in [6.45, 7) is 2.70. The Hall–Kier alpha value is -1.69. The van der Waals surface area contributed by atoms with Gasteiger partial charge in [0.1, 0.15) is 11.9 Å². The van der Waals surface area contributed by atoms with E-state index < -0.39 is 4.92 Å². The van der Waals surface area contributed by atoms with E-state index in [2.05, 4.69) is 10.3 Å². The van der Waals surface area contributed by atoms with Gasteiger partial charge in [0, 0.05) is 18.8 Å². The molecule has 0 aliphatic carbocycles. The monoisotopic (exact) mass is 237 g/mol. The maximum absolute atomic E-state index is 10.8. The molecule has 1 aromatic heterocycles. The van der Waals surface area contributed by atoms with Crippen LogP contribution in [0.4, 0.5) is 11.4 Å². The minimum absolute atomic E-state index is 0.0200. The van der Waals surface area contributed by atoms with Crippen LogP contribution in [-0.4, -0.2) is 28.7 Å². The van der Waals surface area contributed by atoms with Gasteiger partial charge in [-0.3, -0.25) is 15.1 Å². The van der Waals surface area contributed by atoms with Crippen LogP contribution in [0.25, 0.3) is 0 Å². The van der Waals surface area contributed by atoms with Crippen molar-refractivity contribution in [2.75, 3.05) is 11.9 Å². The van der Waals surface area contributed by atoms with E-state index in [9.17, 15) is 10.1 Å². The number of nitrogens with zero attached hydrogens (tertiary/aromatic N) is 2. The summed E-state index contributed by atoms with van der Waals surface area (Å²) < 4.78 is 5.44. The first-order chi connectivity index (χ1) is 8.16. The molecule has 0 radical (unpaired) electrons. The lowest BCUT2D eigenvalue weighted by Gasteiger charge is -2.28. The van der Waals surface area contributed by atoms with Crippen LogP contribution >= 0.6 is 0 Å². The molecule has 1 N–H and O–H groups in total. The number of anilines is 1. The molecule has 1 saturated heterocycles. The van der Waals surface area contributed by atoms with Gasteiger partial charge in [0.2, 0.25) is 0 Å². The van der Waals surface area contributed by atoms with Crippen molar-refractivity contribution in [2.45, 2.75) is 31.9 Å². The van der Waals surface area contributed by atoms with Crippen molar-refractivity contribution >= 4 is 11.4 Å².